The maximum atomic E-state index is 11.4. The van der Waals surface area contributed by atoms with Gasteiger partial charge >= 0.3 is 0 Å². The summed E-state index contributed by atoms with van der Waals surface area (Å²) in [5, 5.41) is 0. The molecule has 0 saturated carbocycles. The molecule has 2 aromatic rings. The topological polar surface area (TPSA) is 80.0 Å². The normalized spacial score (nSPS) is 12.1. The molecular formula is C16H15NO5. The summed E-state index contributed by atoms with van der Waals surface area (Å²) in [7, 11) is 3.12. The van der Waals surface area contributed by atoms with Crippen molar-refractivity contribution in [3.63, 3.8) is 0 Å². The van der Waals surface area contributed by atoms with E-state index in [1.165, 1.54) is 0 Å². The number of benzene rings is 2. The molecule has 1 amide bonds. The molecule has 1 aliphatic rings. The summed E-state index contributed by atoms with van der Waals surface area (Å²) >= 11 is 0. The van der Waals surface area contributed by atoms with Crippen LogP contribution in [0.15, 0.2) is 30.3 Å². The number of carbonyl (C=O) groups excluding carboxylic acids is 1. The van der Waals surface area contributed by atoms with Crippen LogP contribution in [0.25, 0.3) is 11.1 Å². The second kappa shape index (κ2) is 5.48. The number of hydrogen-bond acceptors (Lipinski definition) is 5. The van der Waals surface area contributed by atoms with Gasteiger partial charge in [0.2, 0.25) is 12.7 Å². The highest BCUT2D eigenvalue weighted by atomic mass is 16.7. The lowest BCUT2D eigenvalue weighted by molar-refractivity contribution is 0.100. The van der Waals surface area contributed by atoms with Crippen LogP contribution in [0.4, 0.5) is 0 Å². The Morgan fingerprint density at radius 1 is 1.00 bits per heavy atom. The molecule has 2 N–H and O–H groups in total. The fraction of sp³-hybridized carbons (Fsp3) is 0.188. The first kappa shape index (κ1) is 14.1. The lowest BCUT2D eigenvalue weighted by atomic mass is 10.00. The first-order valence-corrected chi connectivity index (χ1v) is 6.60. The van der Waals surface area contributed by atoms with Crippen LogP contribution in [-0.2, 0) is 0 Å². The molecule has 0 aromatic heterocycles. The summed E-state index contributed by atoms with van der Waals surface area (Å²) in [6, 6.07) is 8.52. The van der Waals surface area contributed by atoms with Gasteiger partial charge in [-0.05, 0) is 24.3 Å². The monoisotopic (exact) mass is 301 g/mol. The number of hydrogen-bond donors (Lipinski definition) is 1. The van der Waals surface area contributed by atoms with E-state index in [4.69, 9.17) is 24.7 Å². The van der Waals surface area contributed by atoms with E-state index in [1.807, 2.05) is 0 Å². The Balaban J connectivity index is 2.21. The molecule has 1 heterocycles. The van der Waals surface area contributed by atoms with Crippen molar-refractivity contribution in [1.82, 2.24) is 0 Å². The van der Waals surface area contributed by atoms with Crippen LogP contribution in [-0.4, -0.2) is 26.9 Å². The van der Waals surface area contributed by atoms with Crippen LogP contribution in [0.2, 0.25) is 0 Å². The van der Waals surface area contributed by atoms with E-state index in [0.29, 0.717) is 34.1 Å². The van der Waals surface area contributed by atoms with Gasteiger partial charge in [0, 0.05) is 22.8 Å². The molecule has 6 heteroatoms. The van der Waals surface area contributed by atoms with Gasteiger partial charge in [0.1, 0.15) is 11.5 Å². The maximum absolute atomic E-state index is 11.4. The second-order valence-corrected chi connectivity index (χ2v) is 4.69. The maximum Gasteiger partial charge on any atom is 0.248 e. The molecule has 2 aromatic carbocycles. The third-order valence-corrected chi connectivity index (χ3v) is 3.47. The molecule has 22 heavy (non-hydrogen) atoms. The zero-order chi connectivity index (χ0) is 15.7. The molecule has 0 unspecified atom stereocenters. The van der Waals surface area contributed by atoms with Crippen LogP contribution in [0.5, 0.6) is 23.0 Å². The second-order valence-electron chi connectivity index (χ2n) is 4.69. The van der Waals surface area contributed by atoms with E-state index in [-0.39, 0.29) is 6.79 Å². The van der Waals surface area contributed by atoms with E-state index in [0.717, 1.165) is 5.56 Å². The Kier molecular flexibility index (Phi) is 3.50. The van der Waals surface area contributed by atoms with Gasteiger partial charge in [-0.25, -0.2) is 0 Å². The Morgan fingerprint density at radius 2 is 1.64 bits per heavy atom. The minimum Gasteiger partial charge on any atom is -0.496 e. The Bertz CT molecular complexity index is 742. The molecule has 3 rings (SSSR count). The summed E-state index contributed by atoms with van der Waals surface area (Å²) < 4.78 is 21.5. The fourth-order valence-corrected chi connectivity index (χ4v) is 2.37. The minimum atomic E-state index is -0.511. The summed E-state index contributed by atoms with van der Waals surface area (Å²) in [4.78, 5) is 11.4. The van der Waals surface area contributed by atoms with Crippen molar-refractivity contribution in [3.05, 3.63) is 35.9 Å². The summed E-state index contributed by atoms with van der Waals surface area (Å²) in [5.41, 5.74) is 7.16. The van der Waals surface area contributed by atoms with Crippen LogP contribution in [0.1, 0.15) is 10.4 Å². The van der Waals surface area contributed by atoms with Crippen LogP contribution >= 0.6 is 0 Å². The van der Waals surface area contributed by atoms with Gasteiger partial charge in [-0.3, -0.25) is 4.79 Å². The molecule has 0 aliphatic carbocycles. The Morgan fingerprint density at radius 3 is 2.27 bits per heavy atom. The molecule has 0 bridgehead atoms. The van der Waals surface area contributed by atoms with Gasteiger partial charge in [-0.15, -0.1) is 0 Å². The summed E-state index contributed by atoms with van der Waals surface area (Å²) in [6.45, 7) is 0.167. The fourth-order valence-electron chi connectivity index (χ4n) is 2.37. The summed E-state index contributed by atoms with van der Waals surface area (Å²) in [6.07, 6.45) is 0. The van der Waals surface area contributed by atoms with Crippen LogP contribution < -0.4 is 24.7 Å². The number of fused-ring (bicyclic) bond motifs is 1. The zero-order valence-electron chi connectivity index (χ0n) is 12.2. The zero-order valence-corrected chi connectivity index (χ0v) is 12.2. The van der Waals surface area contributed by atoms with Gasteiger partial charge in [-0.2, -0.15) is 0 Å². The predicted molar refractivity (Wildman–Crippen MR) is 79.6 cm³/mol. The number of amides is 1. The van der Waals surface area contributed by atoms with Gasteiger partial charge in [0.05, 0.1) is 14.2 Å². The standard InChI is InChI=1S/C16H15NO5/c1-19-12-4-3-9(16(17)18)5-10(12)11-6-14-15(22-8-21-14)7-13(11)20-2/h3-7H,8H2,1-2H3,(H2,17,18). The van der Waals surface area contributed by atoms with Crippen molar-refractivity contribution >= 4 is 5.91 Å². The van der Waals surface area contributed by atoms with E-state index in [9.17, 15) is 4.79 Å². The van der Waals surface area contributed by atoms with Gasteiger partial charge < -0.3 is 24.7 Å². The molecule has 6 nitrogen and oxygen atoms in total. The SMILES string of the molecule is COc1ccc(C(N)=O)cc1-c1cc2c(cc1OC)OCO2. The third-order valence-electron chi connectivity index (χ3n) is 3.47. The van der Waals surface area contributed by atoms with Crippen LogP contribution in [0.3, 0.4) is 0 Å². The molecule has 0 atom stereocenters. The van der Waals surface area contributed by atoms with Crippen molar-refractivity contribution in [2.24, 2.45) is 5.73 Å². The molecule has 0 fully saturated rings. The largest absolute Gasteiger partial charge is 0.496 e. The number of methoxy groups -OCH3 is 2. The minimum absolute atomic E-state index is 0.167. The van der Waals surface area contributed by atoms with Crippen LogP contribution in [0, 0.1) is 0 Å². The Hall–Kier alpha value is -2.89. The van der Waals surface area contributed by atoms with E-state index in [2.05, 4.69) is 0 Å². The quantitative estimate of drug-likeness (QED) is 0.936. The number of nitrogens with two attached hydrogens (primary N) is 1. The highest BCUT2D eigenvalue weighted by Gasteiger charge is 2.21. The Labute approximate surface area is 127 Å². The number of carbonyl (C=O) groups is 1. The molecular weight excluding hydrogens is 286 g/mol. The number of ether oxygens (including phenoxy) is 4. The molecule has 1 aliphatic heterocycles. The van der Waals surface area contributed by atoms with Gasteiger partial charge in [0.15, 0.2) is 11.5 Å². The van der Waals surface area contributed by atoms with Crippen molar-refractivity contribution < 1.29 is 23.7 Å². The van der Waals surface area contributed by atoms with Gasteiger partial charge in [-0.1, -0.05) is 0 Å². The third kappa shape index (κ3) is 2.28. The molecule has 114 valence electrons. The highest BCUT2D eigenvalue weighted by molar-refractivity contribution is 5.95. The van der Waals surface area contributed by atoms with Crippen molar-refractivity contribution in [1.29, 1.82) is 0 Å². The number of rotatable bonds is 4. The van der Waals surface area contributed by atoms with Gasteiger partial charge in [0.25, 0.3) is 0 Å². The predicted octanol–water partition coefficient (Wildman–Crippen LogP) is 2.20. The average molecular weight is 301 g/mol. The van der Waals surface area contributed by atoms with Crippen molar-refractivity contribution in [2.75, 3.05) is 21.0 Å². The molecule has 0 radical (unpaired) electrons. The van der Waals surface area contributed by atoms with E-state index in [1.54, 1.807) is 44.6 Å². The smallest absolute Gasteiger partial charge is 0.248 e. The van der Waals surface area contributed by atoms with Crippen molar-refractivity contribution in [2.45, 2.75) is 0 Å². The molecule has 0 spiro atoms. The van der Waals surface area contributed by atoms with Crippen molar-refractivity contribution in [3.8, 4) is 34.1 Å². The lowest BCUT2D eigenvalue weighted by Gasteiger charge is -2.14. The van der Waals surface area contributed by atoms with E-state index >= 15 is 0 Å². The van der Waals surface area contributed by atoms with E-state index < -0.39 is 5.91 Å². The average Bonchev–Trinajstić information content (AvgIpc) is 3.00. The molecule has 0 saturated heterocycles. The number of primary amides is 1. The first-order valence-electron chi connectivity index (χ1n) is 6.60. The summed E-state index contributed by atoms with van der Waals surface area (Å²) in [5.74, 6) is 1.91. The lowest BCUT2D eigenvalue weighted by Crippen LogP contribution is -2.11. The highest BCUT2D eigenvalue weighted by Crippen LogP contribution is 2.45. The first-order chi connectivity index (χ1) is 10.6.